The van der Waals surface area contributed by atoms with Gasteiger partial charge in [0, 0.05) is 48.1 Å². The van der Waals surface area contributed by atoms with Gasteiger partial charge in [0.1, 0.15) is 11.6 Å². The van der Waals surface area contributed by atoms with E-state index in [1.54, 1.807) is 6.07 Å². The van der Waals surface area contributed by atoms with Crippen molar-refractivity contribution >= 4 is 24.2 Å². The van der Waals surface area contributed by atoms with Gasteiger partial charge in [0.25, 0.3) is 0 Å². The highest BCUT2D eigenvalue weighted by molar-refractivity contribution is 7.80. The quantitative estimate of drug-likeness (QED) is 0.194. The molecule has 1 saturated carbocycles. The average molecular weight is 581 g/mol. The van der Waals surface area contributed by atoms with Gasteiger partial charge in [-0.3, -0.25) is 4.79 Å². The monoisotopic (exact) mass is 580 g/mol. The Morgan fingerprint density at radius 1 is 1.02 bits per heavy atom. The fourth-order valence-electron chi connectivity index (χ4n) is 6.07. The summed E-state index contributed by atoms with van der Waals surface area (Å²) in [5.41, 5.74) is 6.69. The van der Waals surface area contributed by atoms with Gasteiger partial charge in [0.15, 0.2) is 0 Å². The third-order valence-corrected chi connectivity index (χ3v) is 8.90. The molecule has 10 heteroatoms. The second-order valence-electron chi connectivity index (χ2n) is 11.2. The summed E-state index contributed by atoms with van der Waals surface area (Å²) in [7, 11) is 0. The fraction of sp³-hybridized carbons (Fsp3) is 0.567. The SMILES string of the molecule is N[C@H](C(=O)Nc1cccc(F)c1CCC1CCNC(CCCS)CN1)C1(c2ccc(F)cc2)CCC(F)(F)CC1. The molecular formula is C30H40F4N4OS. The maximum Gasteiger partial charge on any atom is 0.248 e. The first-order valence-corrected chi connectivity index (χ1v) is 14.8. The molecule has 0 radical (unpaired) electrons. The van der Waals surface area contributed by atoms with E-state index in [1.165, 1.54) is 36.4 Å². The van der Waals surface area contributed by atoms with Crippen LogP contribution in [0.15, 0.2) is 42.5 Å². The molecule has 2 fully saturated rings. The summed E-state index contributed by atoms with van der Waals surface area (Å²) in [6.45, 7) is 1.70. The topological polar surface area (TPSA) is 79.2 Å². The van der Waals surface area contributed by atoms with Gasteiger partial charge in [-0.15, -0.1) is 0 Å². The highest BCUT2D eigenvalue weighted by Gasteiger charge is 2.49. The molecule has 40 heavy (non-hydrogen) atoms. The van der Waals surface area contributed by atoms with E-state index in [0.717, 1.165) is 38.1 Å². The first-order chi connectivity index (χ1) is 19.1. The van der Waals surface area contributed by atoms with E-state index in [9.17, 15) is 18.0 Å². The van der Waals surface area contributed by atoms with Crippen LogP contribution in [0.1, 0.15) is 62.5 Å². The lowest BCUT2D eigenvalue weighted by Gasteiger charge is -2.44. The molecule has 4 rings (SSSR count). The molecule has 1 aliphatic carbocycles. The molecule has 2 aromatic carbocycles. The van der Waals surface area contributed by atoms with Crippen molar-refractivity contribution < 1.29 is 22.4 Å². The van der Waals surface area contributed by atoms with Crippen LogP contribution in [-0.4, -0.2) is 48.8 Å². The van der Waals surface area contributed by atoms with Gasteiger partial charge in [-0.1, -0.05) is 18.2 Å². The predicted molar refractivity (Wildman–Crippen MR) is 154 cm³/mol. The summed E-state index contributed by atoms with van der Waals surface area (Å²) in [5, 5.41) is 9.93. The molecule has 1 aliphatic heterocycles. The van der Waals surface area contributed by atoms with E-state index in [0.29, 0.717) is 35.7 Å². The number of alkyl halides is 2. The molecule has 3 atom stereocenters. The lowest BCUT2D eigenvalue weighted by molar-refractivity contribution is -0.121. The van der Waals surface area contributed by atoms with Crippen molar-refractivity contribution in [2.24, 2.45) is 5.73 Å². The first kappa shape index (κ1) is 30.8. The number of nitrogens with two attached hydrogens (primary N) is 1. The number of halogens is 4. The van der Waals surface area contributed by atoms with Gasteiger partial charge >= 0.3 is 0 Å². The van der Waals surface area contributed by atoms with Gasteiger partial charge in [-0.2, -0.15) is 12.6 Å². The summed E-state index contributed by atoms with van der Waals surface area (Å²) in [4.78, 5) is 13.5. The van der Waals surface area contributed by atoms with Crippen LogP contribution in [0, 0.1) is 11.6 Å². The molecule has 1 amide bonds. The van der Waals surface area contributed by atoms with Crippen LogP contribution in [0.3, 0.4) is 0 Å². The van der Waals surface area contributed by atoms with Crippen LogP contribution in [0.4, 0.5) is 23.2 Å². The second kappa shape index (κ2) is 13.7. The van der Waals surface area contributed by atoms with Gasteiger partial charge in [-0.05, 0) is 87.1 Å². The van der Waals surface area contributed by atoms with Crippen LogP contribution in [0.5, 0.6) is 0 Å². The highest BCUT2D eigenvalue weighted by Crippen LogP contribution is 2.47. The summed E-state index contributed by atoms with van der Waals surface area (Å²) < 4.78 is 56.9. The van der Waals surface area contributed by atoms with Crippen molar-refractivity contribution in [3.8, 4) is 0 Å². The molecule has 1 heterocycles. The Bertz CT molecular complexity index is 1120. The number of amides is 1. The molecule has 5 nitrogen and oxygen atoms in total. The molecule has 1 saturated heterocycles. The van der Waals surface area contributed by atoms with Crippen molar-refractivity contribution in [2.75, 3.05) is 24.2 Å². The van der Waals surface area contributed by atoms with Crippen molar-refractivity contribution in [1.82, 2.24) is 10.6 Å². The van der Waals surface area contributed by atoms with Crippen molar-refractivity contribution in [2.45, 2.75) is 87.3 Å². The number of nitrogens with one attached hydrogen (secondary N) is 3. The van der Waals surface area contributed by atoms with E-state index < -0.39 is 47.8 Å². The normalized spacial score (nSPS) is 23.2. The molecule has 0 spiro atoms. The molecule has 5 N–H and O–H groups in total. The van der Waals surface area contributed by atoms with Crippen LogP contribution in [-0.2, 0) is 16.6 Å². The largest absolute Gasteiger partial charge is 0.324 e. The fourth-order valence-corrected chi connectivity index (χ4v) is 6.25. The number of carbonyl (C=O) groups is 1. The molecule has 220 valence electrons. The van der Waals surface area contributed by atoms with Crippen molar-refractivity contribution in [3.63, 3.8) is 0 Å². The molecule has 2 unspecified atom stereocenters. The van der Waals surface area contributed by atoms with E-state index in [4.69, 9.17) is 5.73 Å². The van der Waals surface area contributed by atoms with E-state index in [1.807, 2.05) is 0 Å². The Hall–Kier alpha value is -2.14. The number of rotatable bonds is 10. The van der Waals surface area contributed by atoms with Crippen LogP contribution in [0.2, 0.25) is 0 Å². The van der Waals surface area contributed by atoms with Crippen LogP contribution >= 0.6 is 12.6 Å². The Kier molecular flexibility index (Phi) is 10.5. The third kappa shape index (κ3) is 7.57. The zero-order valence-corrected chi connectivity index (χ0v) is 23.6. The molecule has 0 aromatic heterocycles. The van der Waals surface area contributed by atoms with Crippen molar-refractivity contribution in [3.05, 3.63) is 65.2 Å². The Morgan fingerprint density at radius 2 is 1.75 bits per heavy atom. The average Bonchev–Trinajstić information content (AvgIpc) is 3.17. The first-order valence-electron chi connectivity index (χ1n) is 14.2. The molecule has 2 aliphatic rings. The smallest absolute Gasteiger partial charge is 0.248 e. The van der Waals surface area contributed by atoms with E-state index >= 15 is 4.39 Å². The third-order valence-electron chi connectivity index (χ3n) is 8.58. The summed E-state index contributed by atoms with van der Waals surface area (Å²) in [6, 6.07) is 9.44. The zero-order valence-electron chi connectivity index (χ0n) is 22.7. The summed E-state index contributed by atoms with van der Waals surface area (Å²) >= 11 is 4.29. The summed E-state index contributed by atoms with van der Waals surface area (Å²) in [5.74, 6) is -3.45. The van der Waals surface area contributed by atoms with Gasteiger partial charge in [0.2, 0.25) is 11.8 Å². The van der Waals surface area contributed by atoms with Crippen molar-refractivity contribution in [1.29, 1.82) is 0 Å². The number of hydrogen-bond acceptors (Lipinski definition) is 5. The number of thiol groups is 1. The van der Waals surface area contributed by atoms with Crippen LogP contribution in [0.25, 0.3) is 0 Å². The Morgan fingerprint density at radius 3 is 2.45 bits per heavy atom. The van der Waals surface area contributed by atoms with E-state index in [2.05, 4.69) is 28.6 Å². The molecule has 2 aromatic rings. The minimum absolute atomic E-state index is 0.0212. The lowest BCUT2D eigenvalue weighted by atomic mass is 9.64. The highest BCUT2D eigenvalue weighted by atomic mass is 32.1. The Labute approximate surface area is 239 Å². The molecule has 0 bridgehead atoms. The second-order valence-corrected chi connectivity index (χ2v) is 11.6. The number of anilines is 1. The van der Waals surface area contributed by atoms with Gasteiger partial charge < -0.3 is 21.7 Å². The van der Waals surface area contributed by atoms with Gasteiger partial charge in [0.05, 0.1) is 6.04 Å². The minimum atomic E-state index is -2.84. The number of benzene rings is 2. The van der Waals surface area contributed by atoms with Gasteiger partial charge in [-0.25, -0.2) is 17.6 Å². The van der Waals surface area contributed by atoms with E-state index in [-0.39, 0.29) is 18.9 Å². The molecular weight excluding hydrogens is 540 g/mol. The minimum Gasteiger partial charge on any atom is -0.324 e. The maximum atomic E-state index is 15.0. The standard InChI is InChI=1S/C30H40F4N4OS/c31-21-8-6-20(7-9-21)29(13-15-30(33,34)16-14-29)27(35)28(39)38-26-5-1-4-25(32)24(26)11-10-22-12-17-36-23(19-37-22)3-2-18-40/h1,4-9,22-23,27,36-37,40H,2-3,10-19,35H2,(H,38,39)/t22?,23?,27-/m1/s1. The zero-order chi connectivity index (χ0) is 28.8. The summed E-state index contributed by atoms with van der Waals surface area (Å²) in [6.07, 6.45) is 3.20. The lowest BCUT2D eigenvalue weighted by Crippen LogP contribution is -2.55. The Balaban J connectivity index is 1.47. The maximum absolute atomic E-state index is 15.0. The predicted octanol–water partition coefficient (Wildman–Crippen LogP) is 5.34. The van der Waals surface area contributed by atoms with Crippen LogP contribution < -0.4 is 21.7 Å². The number of hydrogen-bond donors (Lipinski definition) is 5. The number of carbonyl (C=O) groups excluding carboxylic acids is 1.